The summed E-state index contributed by atoms with van der Waals surface area (Å²) in [6.45, 7) is 4.84. The monoisotopic (exact) mass is 630 g/mol. The first-order valence-electron chi connectivity index (χ1n) is 16.0. The molecule has 1 aromatic heterocycles. The van der Waals surface area contributed by atoms with Crippen LogP contribution < -0.4 is 10.6 Å². The molecule has 5 N–H and O–H groups in total. The highest BCUT2D eigenvalue weighted by Gasteiger charge is 2.41. The molecule has 2 aromatic rings. The van der Waals surface area contributed by atoms with Crippen LogP contribution in [0.15, 0.2) is 42.9 Å². The van der Waals surface area contributed by atoms with Gasteiger partial charge in [-0.25, -0.2) is 13.4 Å². The number of carbonyl (C=O) groups excluding carboxylic acids is 2. The van der Waals surface area contributed by atoms with E-state index in [1.165, 1.54) is 12.7 Å². The average Bonchev–Trinajstić information content (AvgIpc) is 3.71. The van der Waals surface area contributed by atoms with Gasteiger partial charge < -0.3 is 25.8 Å². The number of aromatic amines is 1. The minimum Gasteiger partial charge on any atom is -0.390 e. The number of hydrogen-bond acceptors (Lipinski definition) is 7. The van der Waals surface area contributed by atoms with E-state index >= 15 is 0 Å². The van der Waals surface area contributed by atoms with Crippen LogP contribution in [0.2, 0.25) is 0 Å². The van der Waals surface area contributed by atoms with Crippen LogP contribution in [0.25, 0.3) is 0 Å². The van der Waals surface area contributed by atoms with Crippen molar-refractivity contribution in [3.63, 3.8) is 0 Å². The molecule has 1 unspecified atom stereocenters. The molecule has 2 amide bonds. The van der Waals surface area contributed by atoms with E-state index < -0.39 is 56.6 Å². The van der Waals surface area contributed by atoms with Crippen LogP contribution in [0.1, 0.15) is 83.4 Å². The predicted octanol–water partition coefficient (Wildman–Crippen LogP) is 3.10. The van der Waals surface area contributed by atoms with Crippen molar-refractivity contribution >= 4 is 21.7 Å². The number of H-pyrrole nitrogens is 1. The number of hydrogen-bond donors (Lipinski definition) is 5. The molecule has 4 rings (SSSR count). The summed E-state index contributed by atoms with van der Waals surface area (Å²) in [4.78, 5) is 34.9. The van der Waals surface area contributed by atoms with E-state index in [0.29, 0.717) is 18.0 Å². The number of rotatable bonds is 15. The minimum atomic E-state index is -3.67. The summed E-state index contributed by atoms with van der Waals surface area (Å²) < 4.78 is 25.4. The number of aromatic nitrogens is 2. The highest BCUT2D eigenvalue weighted by molar-refractivity contribution is 7.92. The molecule has 10 nitrogen and oxygen atoms in total. The molecule has 2 fully saturated rings. The molecule has 0 bridgehead atoms. The predicted molar refractivity (Wildman–Crippen MR) is 169 cm³/mol. The van der Waals surface area contributed by atoms with Crippen LogP contribution in [0.3, 0.4) is 0 Å². The molecule has 11 heteroatoms. The average molecular weight is 631 g/mol. The number of benzene rings is 1. The van der Waals surface area contributed by atoms with Crippen LogP contribution in [0, 0.1) is 17.8 Å². The lowest BCUT2D eigenvalue weighted by Gasteiger charge is -2.33. The van der Waals surface area contributed by atoms with Crippen LogP contribution in [0.5, 0.6) is 0 Å². The quantitative estimate of drug-likeness (QED) is 0.202. The molecule has 0 spiro atoms. The number of carbonyl (C=O) groups is 2. The van der Waals surface area contributed by atoms with Gasteiger partial charge in [0.1, 0.15) is 12.1 Å². The lowest BCUT2D eigenvalue weighted by molar-refractivity contribution is -0.132. The third-order valence-corrected chi connectivity index (χ3v) is 11.9. The zero-order valence-corrected chi connectivity index (χ0v) is 27.1. The maximum Gasteiger partial charge on any atom is 0.243 e. The Hall–Kier alpha value is -2.76. The molecular formula is C33H50N4O6S. The van der Waals surface area contributed by atoms with Gasteiger partial charge in [0, 0.05) is 12.6 Å². The van der Waals surface area contributed by atoms with Gasteiger partial charge in [0.25, 0.3) is 0 Å². The number of nitrogens with one attached hydrogen (secondary N) is 3. The van der Waals surface area contributed by atoms with E-state index in [0.717, 1.165) is 44.1 Å². The summed E-state index contributed by atoms with van der Waals surface area (Å²) in [6.07, 6.45) is 8.97. The summed E-state index contributed by atoms with van der Waals surface area (Å²) in [5.74, 6) is -1.99. The second-order valence-electron chi connectivity index (χ2n) is 13.8. The van der Waals surface area contributed by atoms with Gasteiger partial charge in [-0.2, -0.15) is 0 Å². The summed E-state index contributed by atoms with van der Waals surface area (Å²) in [5, 5.41) is 27.8. The van der Waals surface area contributed by atoms with Crippen molar-refractivity contribution in [3.05, 3.63) is 54.1 Å². The van der Waals surface area contributed by atoms with Gasteiger partial charge in [0.05, 0.1) is 40.6 Å². The maximum absolute atomic E-state index is 13.9. The van der Waals surface area contributed by atoms with Crippen molar-refractivity contribution < 1.29 is 28.2 Å². The van der Waals surface area contributed by atoms with Crippen molar-refractivity contribution in [1.29, 1.82) is 0 Å². The fourth-order valence-electron chi connectivity index (χ4n) is 6.05. The molecular weight excluding hydrogens is 580 g/mol. The van der Waals surface area contributed by atoms with Crippen LogP contribution in [0.4, 0.5) is 0 Å². The van der Waals surface area contributed by atoms with Gasteiger partial charge in [0.2, 0.25) is 11.8 Å². The number of aliphatic hydroxyl groups excluding tert-OH is 2. The lowest BCUT2D eigenvalue weighted by atomic mass is 9.82. The van der Waals surface area contributed by atoms with Crippen molar-refractivity contribution in [2.45, 2.75) is 114 Å². The van der Waals surface area contributed by atoms with E-state index in [9.17, 15) is 28.2 Å². The second kappa shape index (κ2) is 15.0. The van der Waals surface area contributed by atoms with Crippen molar-refractivity contribution in [2.75, 3.05) is 5.75 Å². The van der Waals surface area contributed by atoms with Gasteiger partial charge >= 0.3 is 0 Å². The third-order valence-electron chi connectivity index (χ3n) is 9.16. The molecule has 1 heterocycles. The lowest BCUT2D eigenvalue weighted by Crippen LogP contribution is -2.57. The number of aliphatic hydroxyl groups is 2. The molecule has 44 heavy (non-hydrogen) atoms. The summed E-state index contributed by atoms with van der Waals surface area (Å²) in [6, 6.07) is 7.48. The Morgan fingerprint density at radius 2 is 1.66 bits per heavy atom. The van der Waals surface area contributed by atoms with Crippen LogP contribution >= 0.6 is 0 Å². The number of sulfone groups is 1. The maximum atomic E-state index is 13.9. The summed E-state index contributed by atoms with van der Waals surface area (Å²) in [5.41, 5.74) is 1.37. The largest absolute Gasteiger partial charge is 0.390 e. The molecule has 5 atom stereocenters. The zero-order valence-electron chi connectivity index (χ0n) is 26.2. The highest BCUT2D eigenvalue weighted by Crippen LogP contribution is 2.36. The molecule has 0 saturated heterocycles. The Bertz CT molecular complexity index is 1300. The Balaban J connectivity index is 1.56. The van der Waals surface area contributed by atoms with Gasteiger partial charge in [-0.1, -0.05) is 62.4 Å². The van der Waals surface area contributed by atoms with Crippen molar-refractivity contribution in [2.24, 2.45) is 17.8 Å². The Morgan fingerprint density at radius 3 is 2.25 bits per heavy atom. The number of imidazole rings is 1. The fourth-order valence-corrected chi connectivity index (χ4v) is 7.35. The van der Waals surface area contributed by atoms with E-state index in [1.807, 2.05) is 30.3 Å². The van der Waals surface area contributed by atoms with Gasteiger partial charge in [-0.3, -0.25) is 9.59 Å². The Labute approximate surface area is 261 Å². The van der Waals surface area contributed by atoms with Gasteiger partial charge in [-0.15, -0.1) is 0 Å². The third kappa shape index (κ3) is 9.62. The molecule has 0 radical (unpaired) electrons. The fraction of sp³-hybridized carbons (Fsp3) is 0.667. The van der Waals surface area contributed by atoms with Crippen molar-refractivity contribution in [1.82, 2.24) is 20.6 Å². The zero-order chi connectivity index (χ0) is 31.9. The first-order valence-corrected chi connectivity index (χ1v) is 17.7. The molecule has 2 saturated carbocycles. The van der Waals surface area contributed by atoms with E-state index in [1.54, 1.807) is 27.0 Å². The molecule has 0 aliphatic heterocycles. The SMILES string of the molecule is CC(C)(C)S(=O)(=O)C[C@H](Cc1ccccc1)C(=O)N[C@@H](Cc1c[nH]cn1)C(=O)N[C@H](CC1CCCCC1)[C@H](O)C(O)C1CC1. The van der Waals surface area contributed by atoms with Gasteiger partial charge in [0.15, 0.2) is 9.84 Å². The van der Waals surface area contributed by atoms with Crippen LogP contribution in [-0.4, -0.2) is 75.2 Å². The topological polar surface area (TPSA) is 161 Å². The van der Waals surface area contributed by atoms with Gasteiger partial charge in [-0.05, 0) is 63.9 Å². The van der Waals surface area contributed by atoms with Crippen LogP contribution in [-0.2, 0) is 32.3 Å². The van der Waals surface area contributed by atoms with Crippen molar-refractivity contribution in [3.8, 4) is 0 Å². The number of nitrogens with zero attached hydrogens (tertiary/aromatic N) is 1. The molecule has 2 aliphatic carbocycles. The van der Waals surface area contributed by atoms with E-state index in [-0.39, 0.29) is 24.5 Å². The molecule has 2 aliphatic rings. The minimum absolute atomic E-state index is 0.0267. The normalized spacial score (nSPS) is 19.8. The Kier molecular flexibility index (Phi) is 11.6. The first-order chi connectivity index (χ1) is 20.8. The van der Waals surface area contributed by atoms with E-state index in [2.05, 4.69) is 20.6 Å². The standard InChI is InChI=1S/C33H50N4O6S/c1-33(2,3)44(42,43)20-25(16-22-10-6-4-7-11-22)31(40)37-28(18-26-19-34-21-35-26)32(41)36-27(17-23-12-8-5-9-13-23)30(39)29(38)24-14-15-24/h4,6-7,10-11,19,21,23-25,27-30,38-39H,5,8-9,12-18,20H2,1-3H3,(H,34,35)(H,36,41)(H,37,40)/t25-,27+,28-,29?,30-/m0/s1. The summed E-state index contributed by atoms with van der Waals surface area (Å²) >= 11 is 0. The Morgan fingerprint density at radius 1 is 0.977 bits per heavy atom. The molecule has 244 valence electrons. The summed E-state index contributed by atoms with van der Waals surface area (Å²) in [7, 11) is -3.67. The number of amides is 2. The second-order valence-corrected chi connectivity index (χ2v) is 16.6. The van der Waals surface area contributed by atoms with E-state index in [4.69, 9.17) is 0 Å². The smallest absolute Gasteiger partial charge is 0.243 e. The first kappa shape index (κ1) is 34.1. The highest BCUT2D eigenvalue weighted by atomic mass is 32.2. The molecule has 1 aromatic carbocycles.